The molecule has 7 heteroatoms. The van der Waals surface area contributed by atoms with E-state index in [1.165, 1.54) is 0 Å². The van der Waals surface area contributed by atoms with Gasteiger partial charge in [-0.15, -0.1) is 24.0 Å². The van der Waals surface area contributed by atoms with Gasteiger partial charge in [0.25, 0.3) is 0 Å². The van der Waals surface area contributed by atoms with Gasteiger partial charge in [0.05, 0.1) is 13.2 Å². The van der Waals surface area contributed by atoms with Gasteiger partial charge in [-0.1, -0.05) is 23.7 Å². The fourth-order valence-corrected chi connectivity index (χ4v) is 2.18. The summed E-state index contributed by atoms with van der Waals surface area (Å²) >= 11 is 5.85. The average Bonchev–Trinajstić information content (AvgIpc) is 3.08. The highest BCUT2D eigenvalue weighted by Crippen LogP contribution is 2.09. The number of benzene rings is 1. The lowest BCUT2D eigenvalue weighted by atomic mass is 10.2. The van der Waals surface area contributed by atoms with E-state index >= 15 is 0 Å². The van der Waals surface area contributed by atoms with E-state index in [-0.39, 0.29) is 24.0 Å². The molecule has 132 valence electrons. The Morgan fingerprint density at radius 1 is 1.12 bits per heavy atom. The Kier molecular flexibility index (Phi) is 10.5. The van der Waals surface area contributed by atoms with Gasteiger partial charge in [-0.2, -0.15) is 0 Å². The van der Waals surface area contributed by atoms with Crippen LogP contribution in [0.15, 0.2) is 53.8 Å². The topological polar surface area (TPSA) is 50.6 Å². The fourth-order valence-electron chi connectivity index (χ4n) is 2.06. The largest absolute Gasteiger partial charge is 0.375 e. The lowest BCUT2D eigenvalue weighted by Crippen LogP contribution is -2.40. The monoisotopic (exact) mass is 462 g/mol. The van der Waals surface area contributed by atoms with Crippen molar-refractivity contribution in [2.75, 3.05) is 26.7 Å². The van der Waals surface area contributed by atoms with E-state index in [1.807, 2.05) is 48.8 Å². The van der Waals surface area contributed by atoms with E-state index in [0.717, 1.165) is 29.6 Å². The molecule has 0 fully saturated rings. The fraction of sp³-hybridized carbons (Fsp3) is 0.353. The quantitative estimate of drug-likeness (QED) is 0.274. The van der Waals surface area contributed by atoms with Crippen LogP contribution in [-0.2, 0) is 17.9 Å². The van der Waals surface area contributed by atoms with Crippen LogP contribution in [0.3, 0.4) is 0 Å². The molecule has 0 saturated carbocycles. The molecule has 24 heavy (non-hydrogen) atoms. The van der Waals surface area contributed by atoms with Crippen molar-refractivity contribution in [1.82, 2.24) is 15.2 Å². The molecule has 0 saturated heterocycles. The molecule has 5 nitrogen and oxygen atoms in total. The zero-order chi connectivity index (χ0) is 16.3. The van der Waals surface area contributed by atoms with Gasteiger partial charge in [0.1, 0.15) is 0 Å². The molecule has 1 aromatic heterocycles. The Bertz CT molecular complexity index is 587. The predicted octanol–water partition coefficient (Wildman–Crippen LogP) is 3.14. The number of aromatic nitrogens is 1. The number of guanidine groups is 1. The van der Waals surface area contributed by atoms with E-state index in [0.29, 0.717) is 19.8 Å². The number of rotatable bonds is 8. The number of hydrogen-bond acceptors (Lipinski definition) is 2. The van der Waals surface area contributed by atoms with Crippen LogP contribution in [0, 0.1) is 0 Å². The Labute approximate surface area is 165 Å². The van der Waals surface area contributed by atoms with E-state index in [4.69, 9.17) is 16.3 Å². The molecule has 0 atom stereocenters. The van der Waals surface area contributed by atoms with Crippen molar-refractivity contribution in [3.8, 4) is 0 Å². The standard InChI is InChI=1S/C17H23ClN4O.HI/c1-19-17(20-8-12-22-10-2-3-11-22)21-9-13-23-14-15-4-6-16(18)7-5-15;/h2-7,10-11H,8-9,12-14H2,1H3,(H2,19,20,21);1H. The second-order valence-corrected chi connectivity index (χ2v) is 5.46. The van der Waals surface area contributed by atoms with Gasteiger partial charge in [-0.25, -0.2) is 0 Å². The van der Waals surface area contributed by atoms with E-state index in [2.05, 4.69) is 20.2 Å². The Hall–Kier alpha value is -1.25. The molecule has 2 aromatic rings. The van der Waals surface area contributed by atoms with Gasteiger partial charge in [0.15, 0.2) is 5.96 Å². The first-order valence-electron chi connectivity index (χ1n) is 7.65. The van der Waals surface area contributed by atoms with Crippen LogP contribution in [-0.4, -0.2) is 37.3 Å². The van der Waals surface area contributed by atoms with Gasteiger partial charge in [0.2, 0.25) is 0 Å². The molecule has 2 N–H and O–H groups in total. The van der Waals surface area contributed by atoms with Crippen LogP contribution < -0.4 is 10.6 Å². The van der Waals surface area contributed by atoms with Crippen LogP contribution in [0.25, 0.3) is 0 Å². The maximum Gasteiger partial charge on any atom is 0.191 e. The number of ether oxygens (including phenoxy) is 1. The Morgan fingerprint density at radius 3 is 2.46 bits per heavy atom. The number of aliphatic imine (C=N–C) groups is 1. The first-order valence-corrected chi connectivity index (χ1v) is 8.03. The zero-order valence-corrected chi connectivity index (χ0v) is 16.8. The van der Waals surface area contributed by atoms with Gasteiger partial charge >= 0.3 is 0 Å². The maximum atomic E-state index is 5.85. The molecule has 0 radical (unpaired) electrons. The molecule has 0 aliphatic carbocycles. The van der Waals surface area contributed by atoms with Crippen molar-refractivity contribution >= 4 is 41.5 Å². The zero-order valence-electron chi connectivity index (χ0n) is 13.7. The second-order valence-electron chi connectivity index (χ2n) is 5.03. The number of nitrogens with zero attached hydrogens (tertiary/aromatic N) is 2. The molecular formula is C17H24ClIN4O. The summed E-state index contributed by atoms with van der Waals surface area (Å²) in [5.74, 6) is 0.784. The predicted molar refractivity (Wildman–Crippen MR) is 110 cm³/mol. The van der Waals surface area contributed by atoms with Crippen molar-refractivity contribution in [3.05, 3.63) is 59.4 Å². The molecular weight excluding hydrogens is 439 g/mol. The molecule has 0 unspecified atom stereocenters. The van der Waals surface area contributed by atoms with Gasteiger partial charge in [-0.05, 0) is 29.8 Å². The summed E-state index contributed by atoms with van der Waals surface area (Å²) in [7, 11) is 1.76. The van der Waals surface area contributed by atoms with Crippen molar-refractivity contribution in [2.45, 2.75) is 13.2 Å². The van der Waals surface area contributed by atoms with Crippen LogP contribution in [0.5, 0.6) is 0 Å². The number of halogens is 2. The smallest absolute Gasteiger partial charge is 0.191 e. The molecule has 2 rings (SSSR count). The van der Waals surface area contributed by atoms with E-state index in [1.54, 1.807) is 7.05 Å². The highest BCUT2D eigenvalue weighted by molar-refractivity contribution is 14.0. The molecule has 0 amide bonds. The summed E-state index contributed by atoms with van der Waals surface area (Å²) in [5, 5.41) is 7.24. The molecule has 0 aliphatic heterocycles. The number of nitrogens with one attached hydrogen (secondary N) is 2. The molecule has 0 spiro atoms. The maximum absolute atomic E-state index is 5.85. The summed E-state index contributed by atoms with van der Waals surface area (Å²) < 4.78 is 7.75. The lowest BCUT2D eigenvalue weighted by molar-refractivity contribution is 0.125. The number of hydrogen-bond donors (Lipinski definition) is 2. The van der Waals surface area contributed by atoms with Gasteiger partial charge in [0, 0.05) is 44.1 Å². The highest BCUT2D eigenvalue weighted by atomic mass is 127. The summed E-state index contributed by atoms with van der Waals surface area (Å²) in [6.07, 6.45) is 4.09. The van der Waals surface area contributed by atoms with E-state index in [9.17, 15) is 0 Å². The third-order valence-corrected chi connectivity index (χ3v) is 3.53. The second kappa shape index (κ2) is 12.2. The minimum Gasteiger partial charge on any atom is -0.375 e. The normalized spacial score (nSPS) is 11.0. The SMILES string of the molecule is CN=C(NCCOCc1ccc(Cl)cc1)NCCn1cccc1.I. The van der Waals surface area contributed by atoms with E-state index < -0.39 is 0 Å². The van der Waals surface area contributed by atoms with Crippen molar-refractivity contribution in [1.29, 1.82) is 0 Å². The molecule has 0 aliphatic rings. The minimum absolute atomic E-state index is 0. The summed E-state index contributed by atoms with van der Waals surface area (Å²) in [5.41, 5.74) is 1.11. The van der Waals surface area contributed by atoms with Crippen LogP contribution in [0.1, 0.15) is 5.56 Å². The van der Waals surface area contributed by atoms with Crippen molar-refractivity contribution in [2.24, 2.45) is 4.99 Å². The van der Waals surface area contributed by atoms with Crippen molar-refractivity contribution in [3.63, 3.8) is 0 Å². The lowest BCUT2D eigenvalue weighted by Gasteiger charge is -2.12. The first-order chi connectivity index (χ1) is 11.3. The molecule has 1 aromatic carbocycles. The third kappa shape index (κ3) is 8.03. The van der Waals surface area contributed by atoms with Crippen LogP contribution >= 0.6 is 35.6 Å². The Balaban J connectivity index is 0.00000288. The van der Waals surface area contributed by atoms with Crippen LogP contribution in [0.2, 0.25) is 5.02 Å². The third-order valence-electron chi connectivity index (χ3n) is 3.27. The van der Waals surface area contributed by atoms with Crippen molar-refractivity contribution < 1.29 is 4.74 Å². The Morgan fingerprint density at radius 2 is 1.79 bits per heavy atom. The first kappa shape index (κ1) is 20.8. The highest BCUT2D eigenvalue weighted by Gasteiger charge is 1.98. The molecule has 1 heterocycles. The van der Waals surface area contributed by atoms with Crippen LogP contribution in [0.4, 0.5) is 0 Å². The van der Waals surface area contributed by atoms with Gasteiger partial charge in [-0.3, -0.25) is 4.99 Å². The summed E-state index contributed by atoms with van der Waals surface area (Å²) in [6.45, 7) is 3.62. The molecule has 0 bridgehead atoms. The van der Waals surface area contributed by atoms with Gasteiger partial charge < -0.3 is 19.9 Å². The minimum atomic E-state index is 0. The summed E-state index contributed by atoms with van der Waals surface area (Å²) in [4.78, 5) is 4.19. The summed E-state index contributed by atoms with van der Waals surface area (Å²) in [6, 6.07) is 11.7. The average molecular weight is 463 g/mol.